The maximum atomic E-state index is 4.95. The van der Waals surface area contributed by atoms with Crippen molar-refractivity contribution in [3.05, 3.63) is 30.0 Å². The highest BCUT2D eigenvalue weighted by atomic mass is 32.1. The summed E-state index contributed by atoms with van der Waals surface area (Å²) in [7, 11) is 0.961. The highest BCUT2D eigenvalue weighted by molar-refractivity contribution is 7.13. The van der Waals surface area contributed by atoms with Crippen LogP contribution in [0.5, 0.6) is 0 Å². The van der Waals surface area contributed by atoms with E-state index in [-0.39, 0.29) is 0 Å². The van der Waals surface area contributed by atoms with Gasteiger partial charge in [0.25, 0.3) is 0 Å². The maximum Gasteiger partial charge on any atom is 0.140 e. The minimum Gasteiger partial charge on any atom is -0.385 e. The SMILES string of the molecule is COCC[Si](C)(C)C.c1csc(-c2c[nH]c3nccc(N4CCCC5(CCCCN5)C4)c23)n1. The van der Waals surface area contributed by atoms with E-state index in [0.717, 1.165) is 36.9 Å². The summed E-state index contributed by atoms with van der Waals surface area (Å²) in [5.41, 5.74) is 3.72. The number of aromatic amines is 1. The molecule has 1 unspecified atom stereocenters. The lowest BCUT2D eigenvalue weighted by Crippen LogP contribution is -2.59. The van der Waals surface area contributed by atoms with Gasteiger partial charge in [-0.05, 0) is 44.3 Å². The van der Waals surface area contributed by atoms with E-state index in [9.17, 15) is 0 Å². The van der Waals surface area contributed by atoms with Crippen molar-refractivity contribution in [2.24, 2.45) is 0 Å². The molecular weight excluding hydrogens is 446 g/mol. The van der Waals surface area contributed by atoms with Gasteiger partial charge >= 0.3 is 0 Å². The number of pyridine rings is 1. The van der Waals surface area contributed by atoms with Crippen LogP contribution in [0.1, 0.15) is 32.1 Å². The van der Waals surface area contributed by atoms with Crippen LogP contribution in [-0.4, -0.2) is 61.9 Å². The van der Waals surface area contributed by atoms with Crippen molar-refractivity contribution in [3.63, 3.8) is 0 Å². The molecular formula is C25H39N5OSSi. The molecule has 8 heteroatoms. The van der Waals surface area contributed by atoms with E-state index >= 15 is 0 Å². The second-order valence-electron chi connectivity index (χ2n) is 10.6. The topological polar surface area (TPSA) is 66.1 Å². The lowest BCUT2D eigenvalue weighted by molar-refractivity contribution is 0.214. The molecule has 2 fully saturated rings. The van der Waals surface area contributed by atoms with E-state index < -0.39 is 8.07 Å². The van der Waals surface area contributed by atoms with Crippen molar-refractivity contribution in [1.82, 2.24) is 20.3 Å². The van der Waals surface area contributed by atoms with Crippen molar-refractivity contribution in [2.45, 2.75) is 63.3 Å². The number of nitrogens with one attached hydrogen (secondary N) is 2. The first-order valence-electron chi connectivity index (χ1n) is 12.3. The molecule has 2 aliphatic rings. The molecule has 2 aliphatic heterocycles. The molecule has 0 radical (unpaired) electrons. The minimum atomic E-state index is -0.803. The number of fused-ring (bicyclic) bond motifs is 1. The Balaban J connectivity index is 0.000000281. The third-order valence-electron chi connectivity index (χ3n) is 6.77. The van der Waals surface area contributed by atoms with Crippen molar-refractivity contribution in [2.75, 3.05) is 38.3 Å². The minimum absolute atomic E-state index is 0.295. The van der Waals surface area contributed by atoms with Gasteiger partial charge in [-0.3, -0.25) is 0 Å². The molecule has 180 valence electrons. The number of ether oxygens (including phenoxy) is 1. The van der Waals surface area contributed by atoms with Gasteiger partial charge in [-0.2, -0.15) is 0 Å². The third-order valence-corrected chi connectivity index (χ3v) is 9.28. The summed E-state index contributed by atoms with van der Waals surface area (Å²) in [6, 6.07) is 3.46. The fourth-order valence-electron chi connectivity index (χ4n) is 4.95. The first-order valence-corrected chi connectivity index (χ1v) is 16.8. The van der Waals surface area contributed by atoms with Crippen LogP contribution in [0.2, 0.25) is 25.7 Å². The van der Waals surface area contributed by atoms with E-state index in [1.807, 2.05) is 17.8 Å². The van der Waals surface area contributed by atoms with Gasteiger partial charge in [0.2, 0.25) is 0 Å². The smallest absolute Gasteiger partial charge is 0.140 e. The standard InChI is InChI=1S/C19H23N5S.C6H16OSi/c1-2-7-23-19(5-1)6-3-10-24(13-19)15-4-8-20-17-16(15)14(12-22-17)18-21-9-11-25-18;1-7-5-6-8(2,3)4/h4,8-9,11-12,23H,1-3,5-7,10,13H2,(H,20,22);5-6H2,1-4H3. The lowest BCUT2D eigenvalue weighted by Gasteiger charge is -2.47. The average Bonchev–Trinajstić information content (AvgIpc) is 3.48. The van der Waals surface area contributed by atoms with E-state index in [1.54, 1.807) is 18.4 Å². The predicted octanol–water partition coefficient (Wildman–Crippen LogP) is 5.77. The van der Waals surface area contributed by atoms with E-state index in [4.69, 9.17) is 4.74 Å². The molecule has 3 aromatic rings. The normalized spacial score (nSPS) is 21.3. The number of hydrogen-bond acceptors (Lipinski definition) is 6. The Morgan fingerprint density at radius 1 is 1.15 bits per heavy atom. The van der Waals surface area contributed by atoms with Gasteiger partial charge in [0.15, 0.2) is 0 Å². The zero-order chi connectivity index (χ0) is 23.3. The summed E-state index contributed by atoms with van der Waals surface area (Å²) in [5.74, 6) is 0. The van der Waals surface area contributed by atoms with Crippen LogP contribution in [0.15, 0.2) is 30.0 Å². The third kappa shape index (κ3) is 6.04. The van der Waals surface area contributed by atoms with Gasteiger partial charge in [0.05, 0.1) is 11.1 Å². The fourth-order valence-corrected chi connectivity index (χ4v) is 6.43. The number of anilines is 1. The number of aromatic nitrogens is 3. The van der Waals surface area contributed by atoms with E-state index in [1.165, 1.54) is 54.8 Å². The van der Waals surface area contributed by atoms with Crippen molar-refractivity contribution in [3.8, 4) is 10.6 Å². The second kappa shape index (κ2) is 10.7. The van der Waals surface area contributed by atoms with Crippen molar-refractivity contribution in [1.29, 1.82) is 0 Å². The van der Waals surface area contributed by atoms with Crippen molar-refractivity contribution >= 4 is 36.1 Å². The van der Waals surface area contributed by atoms with Crippen LogP contribution < -0.4 is 10.2 Å². The largest absolute Gasteiger partial charge is 0.385 e. The van der Waals surface area contributed by atoms with Crippen LogP contribution in [0.3, 0.4) is 0 Å². The Morgan fingerprint density at radius 2 is 2.00 bits per heavy atom. The second-order valence-corrected chi connectivity index (χ2v) is 17.1. The summed E-state index contributed by atoms with van der Waals surface area (Å²) in [6.07, 6.45) is 12.3. The highest BCUT2D eigenvalue weighted by Crippen LogP contribution is 2.39. The summed E-state index contributed by atoms with van der Waals surface area (Å²) < 4.78 is 4.95. The first kappa shape index (κ1) is 24.4. The molecule has 0 aliphatic carbocycles. The molecule has 3 aromatic heterocycles. The summed E-state index contributed by atoms with van der Waals surface area (Å²) in [4.78, 5) is 15.0. The molecule has 0 amide bonds. The Hall–Kier alpha value is -1.74. The average molecular weight is 486 g/mol. The van der Waals surface area contributed by atoms with Crippen LogP contribution in [-0.2, 0) is 4.74 Å². The van der Waals surface area contributed by atoms with Gasteiger partial charge in [-0.1, -0.05) is 26.1 Å². The molecule has 1 atom stereocenters. The number of nitrogens with zero attached hydrogens (tertiary/aromatic N) is 3. The zero-order valence-corrected chi connectivity index (χ0v) is 22.4. The number of H-pyrrole nitrogens is 1. The molecule has 2 N–H and O–H groups in total. The van der Waals surface area contributed by atoms with Gasteiger partial charge in [0.1, 0.15) is 10.7 Å². The lowest BCUT2D eigenvalue weighted by atomic mass is 9.81. The van der Waals surface area contributed by atoms with Crippen LogP contribution in [0.25, 0.3) is 21.6 Å². The Labute approximate surface area is 203 Å². The molecule has 0 saturated carbocycles. The van der Waals surface area contributed by atoms with Gasteiger partial charge in [0, 0.05) is 70.0 Å². The summed E-state index contributed by atoms with van der Waals surface area (Å²) >= 11 is 1.68. The highest BCUT2D eigenvalue weighted by Gasteiger charge is 2.37. The van der Waals surface area contributed by atoms with E-state index in [0.29, 0.717) is 5.54 Å². The van der Waals surface area contributed by atoms with Crippen molar-refractivity contribution < 1.29 is 4.74 Å². The Morgan fingerprint density at radius 3 is 2.67 bits per heavy atom. The quantitative estimate of drug-likeness (QED) is 0.449. The maximum absolute atomic E-state index is 4.95. The zero-order valence-electron chi connectivity index (χ0n) is 20.6. The molecule has 5 rings (SSSR count). The molecule has 0 bridgehead atoms. The molecule has 2 saturated heterocycles. The molecule has 33 heavy (non-hydrogen) atoms. The molecule has 5 heterocycles. The number of hydrogen-bond donors (Lipinski definition) is 2. The summed E-state index contributed by atoms with van der Waals surface area (Å²) in [5, 5.41) is 8.15. The molecule has 1 spiro atoms. The van der Waals surface area contributed by atoms with Crippen LogP contribution >= 0.6 is 11.3 Å². The number of methoxy groups -OCH3 is 1. The molecule has 6 nitrogen and oxygen atoms in total. The fraction of sp³-hybridized carbons (Fsp3) is 0.600. The van der Waals surface area contributed by atoms with Gasteiger partial charge in [-0.25, -0.2) is 9.97 Å². The predicted molar refractivity (Wildman–Crippen MR) is 143 cm³/mol. The van der Waals surface area contributed by atoms with E-state index in [2.05, 4.69) is 57.1 Å². The Kier molecular flexibility index (Phi) is 7.89. The number of rotatable bonds is 5. The van der Waals surface area contributed by atoms with Crippen LogP contribution in [0.4, 0.5) is 5.69 Å². The monoisotopic (exact) mass is 485 g/mol. The first-order chi connectivity index (χ1) is 15.9. The Bertz CT molecular complexity index is 1000. The van der Waals surface area contributed by atoms with Gasteiger partial charge in [-0.15, -0.1) is 11.3 Å². The number of piperidine rings is 2. The molecule has 0 aromatic carbocycles. The van der Waals surface area contributed by atoms with Gasteiger partial charge < -0.3 is 19.9 Å². The number of thiazole rings is 1. The summed E-state index contributed by atoms with van der Waals surface area (Å²) in [6.45, 7) is 11.4. The van der Waals surface area contributed by atoms with Crippen LogP contribution in [0, 0.1) is 0 Å².